The Balaban J connectivity index is 0.00000576. The van der Waals surface area contributed by atoms with Gasteiger partial charge < -0.3 is 15.0 Å². The van der Waals surface area contributed by atoms with Gasteiger partial charge in [0.1, 0.15) is 5.75 Å². The Bertz CT molecular complexity index is 556. The lowest BCUT2D eigenvalue weighted by Crippen LogP contribution is -2.41. The van der Waals surface area contributed by atoms with E-state index in [1.807, 2.05) is 46.9 Å². The predicted octanol–water partition coefficient (Wildman–Crippen LogP) is 3.26. The molecule has 5 nitrogen and oxygen atoms in total. The third-order valence-corrected chi connectivity index (χ3v) is 5.42. The monoisotopic (exact) mass is 481 g/mol. The Morgan fingerprint density at radius 1 is 1.28 bits per heavy atom. The standard InChI is InChI=1S/C18H31N3O2S.HI/c1-7-23-16-10-8-15(9-11-16)14-21(6)17(19-5)20-12-13-24(22)18(2,3)4;/h8-11H,7,12-14H2,1-6H3,(H,19,20);1H. The third-order valence-electron chi connectivity index (χ3n) is 3.48. The quantitative estimate of drug-likeness (QED) is 0.369. The van der Waals surface area contributed by atoms with Gasteiger partial charge >= 0.3 is 0 Å². The summed E-state index contributed by atoms with van der Waals surface area (Å²) < 4.78 is 17.4. The van der Waals surface area contributed by atoms with Crippen molar-refractivity contribution in [3.63, 3.8) is 0 Å². The van der Waals surface area contributed by atoms with Crippen molar-refractivity contribution < 1.29 is 8.95 Å². The first-order valence-electron chi connectivity index (χ1n) is 8.30. The summed E-state index contributed by atoms with van der Waals surface area (Å²) in [6.45, 7) is 10.0. The molecule has 0 aliphatic carbocycles. The molecule has 144 valence electrons. The van der Waals surface area contributed by atoms with Crippen molar-refractivity contribution >= 4 is 40.7 Å². The molecule has 0 amide bonds. The van der Waals surface area contributed by atoms with Gasteiger partial charge in [-0.2, -0.15) is 0 Å². The molecule has 1 unspecified atom stereocenters. The Morgan fingerprint density at radius 2 is 1.88 bits per heavy atom. The van der Waals surface area contributed by atoms with Crippen LogP contribution in [-0.2, 0) is 17.3 Å². The van der Waals surface area contributed by atoms with E-state index < -0.39 is 10.8 Å². The largest absolute Gasteiger partial charge is 0.494 e. The fourth-order valence-electron chi connectivity index (χ4n) is 2.15. The summed E-state index contributed by atoms with van der Waals surface area (Å²) in [5.74, 6) is 2.30. The summed E-state index contributed by atoms with van der Waals surface area (Å²) in [4.78, 5) is 6.35. The van der Waals surface area contributed by atoms with Crippen molar-refractivity contribution in [3.05, 3.63) is 29.8 Å². The summed E-state index contributed by atoms with van der Waals surface area (Å²) >= 11 is 0. The maximum absolute atomic E-state index is 12.1. The van der Waals surface area contributed by atoms with E-state index in [9.17, 15) is 4.21 Å². The molecule has 1 atom stereocenters. The molecular formula is C18H32IN3O2S. The second-order valence-corrected chi connectivity index (χ2v) is 8.89. The van der Waals surface area contributed by atoms with Gasteiger partial charge in [0.05, 0.1) is 6.61 Å². The normalized spacial score (nSPS) is 13.0. The molecule has 0 aliphatic rings. The van der Waals surface area contributed by atoms with Crippen LogP contribution in [0.5, 0.6) is 5.75 Å². The molecule has 0 radical (unpaired) electrons. The van der Waals surface area contributed by atoms with Crippen LogP contribution in [0.25, 0.3) is 0 Å². The number of benzene rings is 1. The van der Waals surface area contributed by atoms with Gasteiger partial charge in [-0.05, 0) is 45.4 Å². The minimum absolute atomic E-state index is 0. The second kappa shape index (κ2) is 11.7. The molecule has 7 heteroatoms. The Hall–Kier alpha value is -0.830. The molecule has 0 heterocycles. The van der Waals surface area contributed by atoms with E-state index in [0.29, 0.717) is 18.9 Å². The van der Waals surface area contributed by atoms with Crippen molar-refractivity contribution in [2.45, 2.75) is 39.0 Å². The minimum atomic E-state index is -0.862. The third kappa shape index (κ3) is 8.89. The summed E-state index contributed by atoms with van der Waals surface area (Å²) in [7, 11) is 2.89. The lowest BCUT2D eigenvalue weighted by Gasteiger charge is -2.23. The minimum Gasteiger partial charge on any atom is -0.494 e. The highest BCUT2D eigenvalue weighted by atomic mass is 127. The van der Waals surface area contributed by atoms with Crippen molar-refractivity contribution in [1.82, 2.24) is 10.2 Å². The number of guanidine groups is 1. The summed E-state index contributed by atoms with van der Waals surface area (Å²) in [6.07, 6.45) is 0. The highest BCUT2D eigenvalue weighted by Gasteiger charge is 2.19. The van der Waals surface area contributed by atoms with E-state index in [2.05, 4.69) is 27.3 Å². The zero-order chi connectivity index (χ0) is 18.2. The number of hydrogen-bond acceptors (Lipinski definition) is 3. The SMILES string of the molecule is CCOc1ccc(CN(C)C(=NC)NCCS(=O)C(C)(C)C)cc1.I. The van der Waals surface area contributed by atoms with Crippen LogP contribution < -0.4 is 10.1 Å². The van der Waals surface area contributed by atoms with Crippen molar-refractivity contribution in [1.29, 1.82) is 0 Å². The summed E-state index contributed by atoms with van der Waals surface area (Å²) in [5, 5.41) is 3.28. The average Bonchev–Trinajstić information content (AvgIpc) is 2.52. The van der Waals surface area contributed by atoms with Gasteiger partial charge in [0.15, 0.2) is 5.96 Å². The number of nitrogens with one attached hydrogen (secondary N) is 1. The lowest BCUT2D eigenvalue weighted by molar-refractivity contribution is 0.340. The maximum atomic E-state index is 12.1. The van der Waals surface area contributed by atoms with Crippen LogP contribution in [0.4, 0.5) is 0 Å². The van der Waals surface area contributed by atoms with Gasteiger partial charge in [-0.25, -0.2) is 0 Å². The molecule has 0 aliphatic heterocycles. The van der Waals surface area contributed by atoms with Gasteiger partial charge in [-0.3, -0.25) is 9.20 Å². The van der Waals surface area contributed by atoms with Crippen molar-refractivity contribution in [2.75, 3.05) is 33.0 Å². The molecule has 0 aromatic heterocycles. The average molecular weight is 481 g/mol. The second-order valence-electron chi connectivity index (χ2n) is 6.57. The summed E-state index contributed by atoms with van der Waals surface area (Å²) in [5.41, 5.74) is 1.18. The van der Waals surface area contributed by atoms with Crippen LogP contribution >= 0.6 is 24.0 Å². The number of aliphatic imine (C=N–C) groups is 1. The number of rotatable bonds is 7. The smallest absolute Gasteiger partial charge is 0.193 e. The highest BCUT2D eigenvalue weighted by Crippen LogP contribution is 2.13. The Kier molecular flexibility index (Phi) is 11.3. The molecule has 1 N–H and O–H groups in total. The number of nitrogens with zero attached hydrogens (tertiary/aromatic N) is 2. The van der Waals surface area contributed by atoms with Crippen molar-refractivity contribution in [3.8, 4) is 5.75 Å². The van der Waals surface area contributed by atoms with Crippen LogP contribution in [0.2, 0.25) is 0 Å². The molecule has 1 aromatic carbocycles. The van der Waals surface area contributed by atoms with E-state index in [4.69, 9.17) is 4.74 Å². The molecule has 25 heavy (non-hydrogen) atoms. The lowest BCUT2D eigenvalue weighted by atomic mass is 10.2. The van der Waals surface area contributed by atoms with Crippen LogP contribution in [-0.4, -0.2) is 52.8 Å². The fraction of sp³-hybridized carbons (Fsp3) is 0.611. The first kappa shape index (κ1) is 24.2. The summed E-state index contributed by atoms with van der Waals surface area (Å²) in [6, 6.07) is 8.08. The Morgan fingerprint density at radius 3 is 2.36 bits per heavy atom. The van der Waals surface area contributed by atoms with E-state index in [-0.39, 0.29) is 28.7 Å². The van der Waals surface area contributed by atoms with E-state index in [1.165, 1.54) is 5.56 Å². The van der Waals surface area contributed by atoms with Crippen LogP contribution in [0, 0.1) is 0 Å². The predicted molar refractivity (Wildman–Crippen MR) is 119 cm³/mol. The first-order valence-corrected chi connectivity index (χ1v) is 9.61. The Labute approximate surface area is 172 Å². The molecule has 0 saturated heterocycles. The first-order chi connectivity index (χ1) is 11.3. The topological polar surface area (TPSA) is 53.9 Å². The zero-order valence-electron chi connectivity index (χ0n) is 16.2. The van der Waals surface area contributed by atoms with Gasteiger partial charge in [-0.15, -0.1) is 24.0 Å². The van der Waals surface area contributed by atoms with Gasteiger partial charge in [0.25, 0.3) is 0 Å². The van der Waals surface area contributed by atoms with E-state index in [1.54, 1.807) is 7.05 Å². The maximum Gasteiger partial charge on any atom is 0.193 e. The van der Waals surface area contributed by atoms with Gasteiger partial charge in [-0.1, -0.05) is 12.1 Å². The zero-order valence-corrected chi connectivity index (χ0v) is 19.3. The van der Waals surface area contributed by atoms with Gasteiger partial charge in [0, 0.05) is 48.5 Å². The van der Waals surface area contributed by atoms with Gasteiger partial charge in [0.2, 0.25) is 0 Å². The van der Waals surface area contributed by atoms with E-state index in [0.717, 1.165) is 18.3 Å². The number of halogens is 1. The molecule has 0 saturated carbocycles. The molecular weight excluding hydrogens is 449 g/mol. The molecule has 1 aromatic rings. The molecule has 0 fully saturated rings. The van der Waals surface area contributed by atoms with Crippen LogP contribution in [0.3, 0.4) is 0 Å². The number of ether oxygens (including phenoxy) is 1. The van der Waals surface area contributed by atoms with Crippen LogP contribution in [0.15, 0.2) is 29.3 Å². The van der Waals surface area contributed by atoms with Crippen molar-refractivity contribution in [2.24, 2.45) is 4.99 Å². The van der Waals surface area contributed by atoms with E-state index >= 15 is 0 Å². The highest BCUT2D eigenvalue weighted by molar-refractivity contribution is 14.0. The van der Waals surface area contributed by atoms with Crippen LogP contribution in [0.1, 0.15) is 33.3 Å². The number of hydrogen-bond donors (Lipinski definition) is 1. The fourth-order valence-corrected chi connectivity index (χ4v) is 3.05. The molecule has 0 bridgehead atoms. The molecule has 0 spiro atoms. The molecule has 1 rings (SSSR count).